The maximum Gasteiger partial charge on any atom is 0.271 e. The lowest BCUT2D eigenvalue weighted by molar-refractivity contribution is 0.0957. The number of hydrazone groups is 1. The summed E-state index contributed by atoms with van der Waals surface area (Å²) >= 11 is 3.41. The zero-order chi connectivity index (χ0) is 18.6. The van der Waals surface area contributed by atoms with Crippen LogP contribution in [-0.4, -0.2) is 12.1 Å². The van der Waals surface area contributed by atoms with Gasteiger partial charge in [-0.1, -0.05) is 64.5 Å². The van der Waals surface area contributed by atoms with E-state index in [9.17, 15) is 4.79 Å². The maximum atomic E-state index is 12.4. The molecule has 132 valence electrons. The van der Waals surface area contributed by atoms with E-state index in [0.29, 0.717) is 11.3 Å². The first-order chi connectivity index (χ1) is 13.2. The standard InChI is InChI=1S/C22H15BrN2O2/c23-17-10-8-16(9-11-17)21-13-12-18(27-21)14-24-25-22(26)20-7-3-5-15-4-1-2-6-19(15)20/h1-14H,(H,25,26). The van der Waals surface area contributed by atoms with Crippen molar-refractivity contribution in [2.24, 2.45) is 5.10 Å². The van der Waals surface area contributed by atoms with Gasteiger partial charge in [0.05, 0.1) is 6.21 Å². The Morgan fingerprint density at radius 3 is 2.56 bits per heavy atom. The van der Waals surface area contributed by atoms with E-state index in [1.165, 1.54) is 6.21 Å². The molecule has 0 aliphatic rings. The number of carbonyl (C=O) groups is 1. The van der Waals surface area contributed by atoms with E-state index >= 15 is 0 Å². The number of hydrogen-bond donors (Lipinski definition) is 1. The molecule has 0 atom stereocenters. The first kappa shape index (κ1) is 17.2. The van der Waals surface area contributed by atoms with Crippen LogP contribution in [0.3, 0.4) is 0 Å². The molecule has 4 nitrogen and oxygen atoms in total. The van der Waals surface area contributed by atoms with Gasteiger partial charge in [-0.15, -0.1) is 0 Å². The average molecular weight is 419 g/mol. The van der Waals surface area contributed by atoms with E-state index < -0.39 is 0 Å². The van der Waals surface area contributed by atoms with Gasteiger partial charge in [0.2, 0.25) is 0 Å². The fraction of sp³-hybridized carbons (Fsp3) is 0. The SMILES string of the molecule is O=C(NN=Cc1ccc(-c2ccc(Br)cc2)o1)c1cccc2ccccc12. The Labute approximate surface area is 164 Å². The monoisotopic (exact) mass is 418 g/mol. The minimum Gasteiger partial charge on any atom is -0.455 e. The van der Waals surface area contributed by atoms with Crippen LogP contribution < -0.4 is 5.43 Å². The molecule has 5 heteroatoms. The number of fused-ring (bicyclic) bond motifs is 1. The van der Waals surface area contributed by atoms with Gasteiger partial charge in [-0.05, 0) is 41.1 Å². The van der Waals surface area contributed by atoms with Crippen molar-refractivity contribution in [3.05, 3.63) is 94.7 Å². The highest BCUT2D eigenvalue weighted by atomic mass is 79.9. The molecule has 0 unspecified atom stereocenters. The molecule has 0 spiro atoms. The molecule has 0 saturated heterocycles. The van der Waals surface area contributed by atoms with Crippen molar-refractivity contribution in [3.8, 4) is 11.3 Å². The van der Waals surface area contributed by atoms with E-state index in [2.05, 4.69) is 26.5 Å². The fourth-order valence-electron chi connectivity index (χ4n) is 2.83. The van der Waals surface area contributed by atoms with Gasteiger partial charge in [0.1, 0.15) is 11.5 Å². The Bertz CT molecular complexity index is 1130. The first-order valence-corrected chi connectivity index (χ1v) is 9.17. The Kier molecular flexibility index (Phi) is 4.85. The van der Waals surface area contributed by atoms with Crippen molar-refractivity contribution in [1.29, 1.82) is 0 Å². The lowest BCUT2D eigenvalue weighted by Crippen LogP contribution is -2.17. The van der Waals surface area contributed by atoms with Gasteiger partial charge in [-0.3, -0.25) is 4.79 Å². The second-order valence-corrected chi connectivity index (χ2v) is 6.85. The molecule has 3 aromatic carbocycles. The fourth-order valence-corrected chi connectivity index (χ4v) is 3.09. The molecule has 4 rings (SSSR count). The molecule has 0 bridgehead atoms. The van der Waals surface area contributed by atoms with Crippen LogP contribution in [0.25, 0.3) is 22.1 Å². The van der Waals surface area contributed by atoms with Crippen LogP contribution in [0.4, 0.5) is 0 Å². The number of nitrogens with zero attached hydrogens (tertiary/aromatic N) is 1. The molecular formula is C22H15BrN2O2. The molecule has 0 aliphatic carbocycles. The van der Waals surface area contributed by atoms with E-state index in [0.717, 1.165) is 26.6 Å². The van der Waals surface area contributed by atoms with Crippen LogP contribution in [0.5, 0.6) is 0 Å². The van der Waals surface area contributed by atoms with E-state index in [-0.39, 0.29) is 5.91 Å². The second-order valence-electron chi connectivity index (χ2n) is 5.93. The van der Waals surface area contributed by atoms with Crippen LogP contribution in [-0.2, 0) is 0 Å². The lowest BCUT2D eigenvalue weighted by atomic mass is 10.0. The summed E-state index contributed by atoms with van der Waals surface area (Å²) in [6, 6.07) is 24.9. The third kappa shape index (κ3) is 3.83. The molecule has 1 aromatic heterocycles. The zero-order valence-corrected chi connectivity index (χ0v) is 15.8. The predicted octanol–water partition coefficient (Wildman–Crippen LogP) is 5.63. The van der Waals surface area contributed by atoms with Crippen molar-refractivity contribution in [1.82, 2.24) is 5.43 Å². The first-order valence-electron chi connectivity index (χ1n) is 8.38. The van der Waals surface area contributed by atoms with Crippen LogP contribution >= 0.6 is 15.9 Å². The van der Waals surface area contributed by atoms with Crippen LogP contribution in [0, 0.1) is 0 Å². The van der Waals surface area contributed by atoms with Gasteiger partial charge in [-0.2, -0.15) is 5.10 Å². The van der Waals surface area contributed by atoms with Gasteiger partial charge >= 0.3 is 0 Å². The molecule has 1 heterocycles. The van der Waals surface area contributed by atoms with E-state index in [4.69, 9.17) is 4.42 Å². The van der Waals surface area contributed by atoms with Crippen LogP contribution in [0.15, 0.2) is 92.9 Å². The van der Waals surface area contributed by atoms with Gasteiger partial charge in [0.15, 0.2) is 0 Å². The van der Waals surface area contributed by atoms with Gasteiger partial charge in [0, 0.05) is 15.6 Å². The Hall–Kier alpha value is -3.18. The molecule has 1 N–H and O–H groups in total. The normalized spacial score (nSPS) is 11.1. The van der Waals surface area contributed by atoms with Crippen molar-refractivity contribution >= 4 is 38.8 Å². The molecule has 27 heavy (non-hydrogen) atoms. The molecule has 4 aromatic rings. The Morgan fingerprint density at radius 1 is 0.926 bits per heavy atom. The summed E-state index contributed by atoms with van der Waals surface area (Å²) < 4.78 is 6.76. The predicted molar refractivity (Wildman–Crippen MR) is 111 cm³/mol. The zero-order valence-electron chi connectivity index (χ0n) is 14.2. The topological polar surface area (TPSA) is 54.6 Å². The van der Waals surface area contributed by atoms with Crippen LogP contribution in [0.1, 0.15) is 16.1 Å². The van der Waals surface area contributed by atoms with Crippen molar-refractivity contribution in [2.45, 2.75) is 0 Å². The number of rotatable bonds is 4. The third-order valence-corrected chi connectivity index (χ3v) is 4.68. The van der Waals surface area contributed by atoms with E-state index in [1.54, 1.807) is 6.07 Å². The number of hydrogen-bond acceptors (Lipinski definition) is 3. The highest BCUT2D eigenvalue weighted by molar-refractivity contribution is 9.10. The smallest absolute Gasteiger partial charge is 0.271 e. The summed E-state index contributed by atoms with van der Waals surface area (Å²) in [6.07, 6.45) is 1.49. The number of furan rings is 1. The Balaban J connectivity index is 1.48. The minimum absolute atomic E-state index is 0.261. The van der Waals surface area contributed by atoms with Crippen molar-refractivity contribution in [3.63, 3.8) is 0 Å². The van der Waals surface area contributed by atoms with Gasteiger partial charge in [0.25, 0.3) is 5.91 Å². The van der Waals surface area contributed by atoms with E-state index in [1.807, 2.05) is 72.8 Å². The lowest BCUT2D eigenvalue weighted by Gasteiger charge is -2.04. The highest BCUT2D eigenvalue weighted by Crippen LogP contribution is 2.23. The number of amides is 1. The number of nitrogens with one attached hydrogen (secondary N) is 1. The Morgan fingerprint density at radius 2 is 1.70 bits per heavy atom. The summed E-state index contributed by atoms with van der Waals surface area (Å²) in [6.45, 7) is 0. The quantitative estimate of drug-likeness (QED) is 0.345. The summed E-state index contributed by atoms with van der Waals surface area (Å²) in [5.41, 5.74) is 4.11. The largest absolute Gasteiger partial charge is 0.455 e. The van der Waals surface area contributed by atoms with Crippen molar-refractivity contribution in [2.75, 3.05) is 0 Å². The highest BCUT2D eigenvalue weighted by Gasteiger charge is 2.08. The molecule has 0 radical (unpaired) electrons. The minimum atomic E-state index is -0.261. The average Bonchev–Trinajstić information content (AvgIpc) is 3.17. The maximum absolute atomic E-state index is 12.4. The summed E-state index contributed by atoms with van der Waals surface area (Å²) in [5.74, 6) is 1.04. The number of benzene rings is 3. The number of halogens is 1. The molecule has 1 amide bonds. The molecular weight excluding hydrogens is 404 g/mol. The second kappa shape index (κ2) is 7.60. The summed E-state index contributed by atoms with van der Waals surface area (Å²) in [4.78, 5) is 12.4. The summed E-state index contributed by atoms with van der Waals surface area (Å²) in [5, 5.41) is 5.93. The van der Waals surface area contributed by atoms with Gasteiger partial charge < -0.3 is 4.42 Å². The molecule has 0 saturated carbocycles. The van der Waals surface area contributed by atoms with Crippen LogP contribution in [0.2, 0.25) is 0 Å². The molecule has 0 fully saturated rings. The number of carbonyl (C=O) groups excluding carboxylic acids is 1. The molecule has 0 aliphatic heterocycles. The van der Waals surface area contributed by atoms with Gasteiger partial charge in [-0.25, -0.2) is 5.43 Å². The van der Waals surface area contributed by atoms with Crippen molar-refractivity contribution < 1.29 is 9.21 Å². The summed E-state index contributed by atoms with van der Waals surface area (Å²) in [7, 11) is 0. The third-order valence-electron chi connectivity index (χ3n) is 4.15.